The number of nitrogens with one attached hydrogen (secondary N) is 1. The largest absolute Gasteiger partial charge is 0.466 e. The third kappa shape index (κ3) is 3.04. The minimum absolute atomic E-state index is 0.0580. The number of ether oxygens (including phenoxy) is 1. The average Bonchev–Trinajstić information content (AvgIpc) is 2.82. The maximum absolute atomic E-state index is 12.1. The van der Waals surface area contributed by atoms with Gasteiger partial charge in [0.25, 0.3) is 0 Å². The van der Waals surface area contributed by atoms with Crippen LogP contribution in [-0.4, -0.2) is 23.3 Å². The van der Waals surface area contributed by atoms with E-state index in [1.54, 1.807) is 13.1 Å². The van der Waals surface area contributed by atoms with E-state index in [4.69, 9.17) is 4.74 Å². The SMILES string of the molecule is CCOC(=O)CCC(=O)c1c[nH]c2c(Br)cccc12. The fourth-order valence-corrected chi connectivity index (χ4v) is 2.41. The van der Waals surface area contributed by atoms with Crippen LogP contribution in [0.4, 0.5) is 0 Å². The lowest BCUT2D eigenvalue weighted by Crippen LogP contribution is -2.07. The number of Topliss-reactive ketones (excluding diaryl/α,β-unsaturated/α-hetero) is 1. The number of hydrogen-bond donors (Lipinski definition) is 1. The van der Waals surface area contributed by atoms with Crippen molar-refractivity contribution in [3.05, 3.63) is 34.4 Å². The van der Waals surface area contributed by atoms with E-state index in [0.717, 1.165) is 15.4 Å². The number of aromatic amines is 1. The summed E-state index contributed by atoms with van der Waals surface area (Å²) in [5, 5.41) is 0.864. The van der Waals surface area contributed by atoms with Crippen molar-refractivity contribution in [1.29, 1.82) is 0 Å². The number of esters is 1. The molecule has 0 unspecified atom stereocenters. The third-order valence-electron chi connectivity index (χ3n) is 2.83. The van der Waals surface area contributed by atoms with E-state index in [2.05, 4.69) is 20.9 Å². The molecule has 1 heterocycles. The second-order valence-electron chi connectivity index (χ2n) is 4.09. The fraction of sp³-hybridized carbons (Fsp3) is 0.286. The molecule has 2 aromatic rings. The van der Waals surface area contributed by atoms with Crippen molar-refractivity contribution in [2.75, 3.05) is 6.61 Å². The van der Waals surface area contributed by atoms with Crippen LogP contribution in [0.3, 0.4) is 0 Å². The molecule has 0 radical (unpaired) electrons. The van der Waals surface area contributed by atoms with Gasteiger partial charge >= 0.3 is 5.97 Å². The number of hydrogen-bond acceptors (Lipinski definition) is 3. The number of ketones is 1. The zero-order valence-corrected chi connectivity index (χ0v) is 12.1. The number of carbonyl (C=O) groups is 2. The van der Waals surface area contributed by atoms with Crippen LogP contribution in [0.5, 0.6) is 0 Å². The highest BCUT2D eigenvalue weighted by Gasteiger charge is 2.14. The van der Waals surface area contributed by atoms with Crippen molar-refractivity contribution >= 4 is 38.6 Å². The minimum Gasteiger partial charge on any atom is -0.466 e. The average molecular weight is 324 g/mol. The molecule has 0 spiro atoms. The second-order valence-corrected chi connectivity index (χ2v) is 4.95. The smallest absolute Gasteiger partial charge is 0.306 e. The van der Waals surface area contributed by atoms with E-state index in [9.17, 15) is 9.59 Å². The van der Waals surface area contributed by atoms with Crippen LogP contribution in [0.15, 0.2) is 28.9 Å². The lowest BCUT2D eigenvalue weighted by Gasteiger charge is -2.01. The number of rotatable bonds is 5. The second kappa shape index (κ2) is 6.02. The summed E-state index contributed by atoms with van der Waals surface area (Å²) in [4.78, 5) is 26.4. The summed E-state index contributed by atoms with van der Waals surface area (Å²) in [6.07, 6.45) is 1.97. The van der Waals surface area contributed by atoms with E-state index in [1.807, 2.05) is 18.2 Å². The molecule has 0 saturated heterocycles. The molecule has 0 aliphatic heterocycles. The van der Waals surface area contributed by atoms with Gasteiger partial charge in [0.05, 0.1) is 18.5 Å². The summed E-state index contributed by atoms with van der Waals surface area (Å²) < 4.78 is 5.72. The van der Waals surface area contributed by atoms with Crippen LogP contribution in [0, 0.1) is 0 Å². The van der Waals surface area contributed by atoms with Gasteiger partial charge in [-0.3, -0.25) is 9.59 Å². The Morgan fingerprint density at radius 3 is 2.84 bits per heavy atom. The molecule has 0 saturated carbocycles. The van der Waals surface area contributed by atoms with Crippen LogP contribution in [0.25, 0.3) is 10.9 Å². The Bertz CT molecular complexity index is 618. The van der Waals surface area contributed by atoms with Crippen molar-refractivity contribution in [3.63, 3.8) is 0 Å². The Kier molecular flexibility index (Phi) is 4.37. The molecule has 1 N–H and O–H groups in total. The van der Waals surface area contributed by atoms with Gasteiger partial charge in [-0.1, -0.05) is 12.1 Å². The predicted octanol–water partition coefficient (Wildman–Crippen LogP) is 3.46. The summed E-state index contributed by atoms with van der Waals surface area (Å²) in [5.41, 5.74) is 1.50. The van der Waals surface area contributed by atoms with Gasteiger partial charge in [0, 0.05) is 28.0 Å². The third-order valence-corrected chi connectivity index (χ3v) is 3.49. The molecule has 1 aromatic heterocycles. The van der Waals surface area contributed by atoms with Crippen molar-refractivity contribution < 1.29 is 14.3 Å². The van der Waals surface area contributed by atoms with Crippen molar-refractivity contribution in [2.45, 2.75) is 19.8 Å². The maximum Gasteiger partial charge on any atom is 0.306 e. The molecule has 19 heavy (non-hydrogen) atoms. The molecule has 0 amide bonds. The summed E-state index contributed by atoms with van der Waals surface area (Å²) in [5.74, 6) is -0.394. The Hall–Kier alpha value is -1.62. The van der Waals surface area contributed by atoms with Crippen LogP contribution in [0.2, 0.25) is 0 Å². The van der Waals surface area contributed by atoms with E-state index in [0.29, 0.717) is 12.2 Å². The van der Waals surface area contributed by atoms with Crippen molar-refractivity contribution in [3.8, 4) is 0 Å². The zero-order valence-electron chi connectivity index (χ0n) is 10.5. The van der Waals surface area contributed by atoms with Crippen LogP contribution in [-0.2, 0) is 9.53 Å². The lowest BCUT2D eigenvalue weighted by atomic mass is 10.1. The van der Waals surface area contributed by atoms with Gasteiger partial charge in [-0.05, 0) is 28.9 Å². The first-order valence-electron chi connectivity index (χ1n) is 6.08. The predicted molar refractivity (Wildman–Crippen MR) is 76.2 cm³/mol. The number of aromatic nitrogens is 1. The number of carbonyl (C=O) groups excluding carboxylic acids is 2. The van der Waals surface area contributed by atoms with Crippen LogP contribution in [0.1, 0.15) is 30.1 Å². The monoisotopic (exact) mass is 323 g/mol. The quantitative estimate of drug-likeness (QED) is 0.677. The molecule has 2 rings (SSSR count). The first-order chi connectivity index (χ1) is 9.13. The first-order valence-corrected chi connectivity index (χ1v) is 6.87. The standard InChI is InChI=1S/C14H14BrNO3/c1-2-19-13(18)7-6-12(17)10-8-16-14-9(10)4-3-5-11(14)15/h3-5,8,16H,2,6-7H2,1H3. The topological polar surface area (TPSA) is 59.2 Å². The molecule has 0 bridgehead atoms. The molecule has 1 aromatic carbocycles. The van der Waals surface area contributed by atoms with Crippen molar-refractivity contribution in [2.24, 2.45) is 0 Å². The molecule has 5 heteroatoms. The summed E-state index contributed by atoms with van der Waals surface area (Å²) in [6.45, 7) is 2.09. The zero-order chi connectivity index (χ0) is 13.8. The Labute approximate surface area is 119 Å². The molecule has 4 nitrogen and oxygen atoms in total. The van der Waals surface area contributed by atoms with Gasteiger partial charge in [-0.15, -0.1) is 0 Å². The normalized spacial score (nSPS) is 10.6. The highest BCUT2D eigenvalue weighted by atomic mass is 79.9. The molecule has 0 aliphatic rings. The summed E-state index contributed by atoms with van der Waals surface area (Å²) >= 11 is 3.43. The number of H-pyrrole nitrogens is 1. The number of para-hydroxylation sites is 1. The van der Waals surface area contributed by atoms with E-state index in [1.165, 1.54) is 0 Å². The minimum atomic E-state index is -0.336. The van der Waals surface area contributed by atoms with Crippen LogP contribution >= 0.6 is 15.9 Å². The van der Waals surface area contributed by atoms with Gasteiger partial charge < -0.3 is 9.72 Å². The number of halogens is 1. The van der Waals surface area contributed by atoms with Crippen LogP contribution < -0.4 is 0 Å². The molecular weight excluding hydrogens is 310 g/mol. The Morgan fingerprint density at radius 1 is 1.32 bits per heavy atom. The molecule has 0 aliphatic carbocycles. The summed E-state index contributed by atoms with van der Waals surface area (Å²) in [7, 11) is 0. The fourth-order valence-electron chi connectivity index (χ4n) is 1.93. The highest BCUT2D eigenvalue weighted by molar-refractivity contribution is 9.10. The van der Waals surface area contributed by atoms with Crippen molar-refractivity contribution in [1.82, 2.24) is 4.98 Å². The van der Waals surface area contributed by atoms with E-state index in [-0.39, 0.29) is 24.6 Å². The van der Waals surface area contributed by atoms with Gasteiger partial charge in [-0.2, -0.15) is 0 Å². The lowest BCUT2D eigenvalue weighted by molar-refractivity contribution is -0.143. The van der Waals surface area contributed by atoms with E-state index >= 15 is 0 Å². The maximum atomic E-state index is 12.1. The molecule has 0 fully saturated rings. The molecule has 0 atom stereocenters. The van der Waals surface area contributed by atoms with Gasteiger partial charge in [0.1, 0.15) is 0 Å². The molecular formula is C14H14BrNO3. The highest BCUT2D eigenvalue weighted by Crippen LogP contribution is 2.26. The number of benzene rings is 1. The van der Waals surface area contributed by atoms with Gasteiger partial charge in [-0.25, -0.2) is 0 Å². The first kappa shape index (κ1) is 13.8. The van der Waals surface area contributed by atoms with Gasteiger partial charge in [0.15, 0.2) is 5.78 Å². The number of fused-ring (bicyclic) bond motifs is 1. The summed E-state index contributed by atoms with van der Waals surface area (Å²) in [6, 6.07) is 5.67. The molecule has 100 valence electrons. The van der Waals surface area contributed by atoms with E-state index < -0.39 is 0 Å². The Morgan fingerprint density at radius 2 is 2.11 bits per heavy atom. The van der Waals surface area contributed by atoms with Gasteiger partial charge in [0.2, 0.25) is 0 Å². The Balaban J connectivity index is 2.14.